The maximum Gasteiger partial charge on any atom is 0.286 e. The van der Waals surface area contributed by atoms with Gasteiger partial charge in [-0.3, -0.25) is 19.7 Å². The Labute approximate surface area is 102 Å². The molecule has 0 radical (unpaired) electrons. The Morgan fingerprint density at radius 1 is 1.67 bits per heavy atom. The molecule has 1 unspecified atom stereocenters. The Bertz CT molecular complexity index is 510. The van der Waals surface area contributed by atoms with E-state index in [1.165, 1.54) is 0 Å². The molecule has 8 nitrogen and oxygen atoms in total. The van der Waals surface area contributed by atoms with Crippen molar-refractivity contribution in [2.24, 2.45) is 0 Å². The topological polar surface area (TPSA) is 125 Å². The molecule has 8 heteroatoms. The first-order valence-electron chi connectivity index (χ1n) is 5.29. The number of hydrogen-bond donors (Lipinski definition) is 3. The molecule has 1 amide bonds. The lowest BCUT2D eigenvalue weighted by Gasteiger charge is -2.08. The van der Waals surface area contributed by atoms with E-state index in [1.54, 1.807) is 6.92 Å². The molecule has 1 heterocycles. The zero-order valence-corrected chi connectivity index (χ0v) is 9.67. The van der Waals surface area contributed by atoms with Gasteiger partial charge in [-0.25, -0.2) is 0 Å². The van der Waals surface area contributed by atoms with Gasteiger partial charge in [0.2, 0.25) is 0 Å². The molecule has 1 aromatic heterocycles. The number of carbonyl (C=O) groups is 1. The molecule has 98 valence electrons. The molecule has 0 saturated carbocycles. The molecule has 1 rings (SSSR count). The van der Waals surface area contributed by atoms with Gasteiger partial charge in [-0.2, -0.15) is 0 Å². The monoisotopic (exact) mass is 255 g/mol. The van der Waals surface area contributed by atoms with E-state index in [4.69, 9.17) is 0 Å². The summed E-state index contributed by atoms with van der Waals surface area (Å²) in [7, 11) is 0. The van der Waals surface area contributed by atoms with Gasteiger partial charge < -0.3 is 15.4 Å². The summed E-state index contributed by atoms with van der Waals surface area (Å²) in [5.41, 5.74) is -1.45. The van der Waals surface area contributed by atoms with Crippen LogP contribution in [0.4, 0.5) is 5.69 Å². The van der Waals surface area contributed by atoms with Crippen molar-refractivity contribution < 1.29 is 14.8 Å². The molecule has 3 N–H and O–H groups in total. The molecule has 1 aromatic rings. The Morgan fingerprint density at radius 2 is 2.33 bits per heavy atom. The van der Waals surface area contributed by atoms with E-state index < -0.39 is 22.5 Å². The van der Waals surface area contributed by atoms with Gasteiger partial charge in [0.1, 0.15) is 5.56 Å². The van der Waals surface area contributed by atoms with Crippen LogP contribution in [-0.2, 0) is 0 Å². The van der Waals surface area contributed by atoms with Crippen molar-refractivity contribution >= 4 is 11.6 Å². The van der Waals surface area contributed by atoms with Crippen LogP contribution in [0.3, 0.4) is 0 Å². The average Bonchev–Trinajstić information content (AvgIpc) is 2.35. The Balaban J connectivity index is 2.88. The van der Waals surface area contributed by atoms with Crippen molar-refractivity contribution in [2.45, 2.75) is 19.4 Å². The number of aliphatic hydroxyl groups excluding tert-OH is 1. The second-order valence-electron chi connectivity index (χ2n) is 3.63. The summed E-state index contributed by atoms with van der Waals surface area (Å²) in [5.74, 6) is -0.757. The van der Waals surface area contributed by atoms with Crippen LogP contribution in [0, 0.1) is 10.1 Å². The van der Waals surface area contributed by atoms with Crippen LogP contribution in [0.2, 0.25) is 0 Å². The quantitative estimate of drug-likeness (QED) is 0.495. The van der Waals surface area contributed by atoms with E-state index in [9.17, 15) is 24.8 Å². The smallest absolute Gasteiger partial charge is 0.286 e. The molecule has 0 aliphatic heterocycles. The summed E-state index contributed by atoms with van der Waals surface area (Å²) in [6.07, 6.45) is 0.651. The van der Waals surface area contributed by atoms with E-state index in [2.05, 4.69) is 10.3 Å². The molecular weight excluding hydrogens is 242 g/mol. The minimum Gasteiger partial charge on any atom is -0.391 e. The Hall–Kier alpha value is -2.22. The fraction of sp³-hybridized carbons (Fsp3) is 0.400. The van der Waals surface area contributed by atoms with Crippen molar-refractivity contribution in [1.82, 2.24) is 10.3 Å². The predicted molar refractivity (Wildman–Crippen MR) is 62.3 cm³/mol. The van der Waals surface area contributed by atoms with E-state index in [1.807, 2.05) is 0 Å². The standard InChI is InChI=1S/C10H13N3O5/c1-2-7(14)5-12-10(16)8-3-6(13(17)18)4-11-9(8)15/h3-4,7,14H,2,5H2,1H3,(H,11,15)(H,12,16). The van der Waals surface area contributed by atoms with Gasteiger partial charge in [-0.05, 0) is 6.42 Å². The van der Waals surface area contributed by atoms with Crippen molar-refractivity contribution in [2.75, 3.05) is 6.54 Å². The van der Waals surface area contributed by atoms with Crippen LogP contribution in [-0.4, -0.2) is 33.6 Å². The number of nitrogens with zero attached hydrogens (tertiary/aromatic N) is 1. The molecule has 0 spiro atoms. The third-order valence-electron chi connectivity index (χ3n) is 2.31. The SMILES string of the molecule is CCC(O)CNC(=O)c1cc([N+](=O)[O-])c[nH]c1=O. The zero-order valence-electron chi connectivity index (χ0n) is 9.67. The summed E-state index contributed by atoms with van der Waals surface area (Å²) in [4.78, 5) is 34.9. The number of H-pyrrole nitrogens is 1. The second kappa shape index (κ2) is 5.92. The number of rotatable bonds is 5. The van der Waals surface area contributed by atoms with Crippen LogP contribution in [0.15, 0.2) is 17.1 Å². The predicted octanol–water partition coefficient (Wildman–Crippen LogP) is -0.216. The summed E-state index contributed by atoms with van der Waals surface area (Å²) in [6.45, 7) is 1.72. The van der Waals surface area contributed by atoms with Crippen molar-refractivity contribution in [1.29, 1.82) is 0 Å². The fourth-order valence-electron chi connectivity index (χ4n) is 1.20. The van der Waals surface area contributed by atoms with Crippen LogP contribution >= 0.6 is 0 Å². The fourth-order valence-corrected chi connectivity index (χ4v) is 1.20. The highest BCUT2D eigenvalue weighted by molar-refractivity contribution is 5.94. The maximum atomic E-state index is 11.6. The van der Waals surface area contributed by atoms with Gasteiger partial charge in [0.05, 0.1) is 17.2 Å². The first-order valence-corrected chi connectivity index (χ1v) is 5.29. The van der Waals surface area contributed by atoms with Crippen LogP contribution < -0.4 is 10.9 Å². The van der Waals surface area contributed by atoms with Gasteiger partial charge in [-0.15, -0.1) is 0 Å². The number of aliphatic hydroxyl groups is 1. The van der Waals surface area contributed by atoms with Gasteiger partial charge in [-0.1, -0.05) is 6.92 Å². The highest BCUT2D eigenvalue weighted by Gasteiger charge is 2.16. The first-order chi connectivity index (χ1) is 8.45. The molecule has 0 aliphatic carbocycles. The van der Waals surface area contributed by atoms with Gasteiger partial charge in [0.15, 0.2) is 0 Å². The Morgan fingerprint density at radius 3 is 2.89 bits per heavy atom. The van der Waals surface area contributed by atoms with Crippen molar-refractivity contribution in [3.8, 4) is 0 Å². The largest absolute Gasteiger partial charge is 0.391 e. The number of hydrogen-bond acceptors (Lipinski definition) is 5. The lowest BCUT2D eigenvalue weighted by Crippen LogP contribution is -2.34. The molecule has 0 fully saturated rings. The molecular formula is C10H13N3O5. The minimum absolute atomic E-state index is 0.0164. The van der Waals surface area contributed by atoms with E-state index in [0.29, 0.717) is 6.42 Å². The lowest BCUT2D eigenvalue weighted by molar-refractivity contribution is -0.385. The summed E-state index contributed by atoms with van der Waals surface area (Å²) in [5, 5.41) is 22.1. The second-order valence-corrected chi connectivity index (χ2v) is 3.63. The molecule has 0 bridgehead atoms. The number of aromatic amines is 1. The molecule has 0 saturated heterocycles. The number of nitro groups is 1. The summed E-state index contributed by atoms with van der Waals surface area (Å²) >= 11 is 0. The van der Waals surface area contributed by atoms with Gasteiger partial charge >= 0.3 is 0 Å². The maximum absolute atomic E-state index is 11.6. The minimum atomic E-state index is -0.757. The number of carbonyl (C=O) groups excluding carboxylic acids is 1. The number of amides is 1. The van der Waals surface area contributed by atoms with Gasteiger partial charge in [0.25, 0.3) is 17.2 Å². The zero-order chi connectivity index (χ0) is 13.7. The lowest BCUT2D eigenvalue weighted by atomic mass is 10.2. The number of pyridine rings is 1. The number of aromatic nitrogens is 1. The molecule has 0 aliphatic rings. The van der Waals surface area contributed by atoms with E-state index in [0.717, 1.165) is 12.3 Å². The number of nitrogens with one attached hydrogen (secondary N) is 2. The summed E-state index contributed by atoms with van der Waals surface area (Å²) in [6, 6.07) is 0.895. The van der Waals surface area contributed by atoms with Crippen LogP contribution in [0.5, 0.6) is 0 Å². The van der Waals surface area contributed by atoms with E-state index in [-0.39, 0.29) is 17.8 Å². The normalized spacial score (nSPS) is 11.9. The van der Waals surface area contributed by atoms with Crippen LogP contribution in [0.1, 0.15) is 23.7 Å². The summed E-state index contributed by atoms with van der Waals surface area (Å²) < 4.78 is 0. The van der Waals surface area contributed by atoms with Crippen molar-refractivity contribution in [3.05, 3.63) is 38.3 Å². The van der Waals surface area contributed by atoms with E-state index >= 15 is 0 Å². The molecule has 0 aromatic carbocycles. The third-order valence-corrected chi connectivity index (χ3v) is 2.31. The highest BCUT2D eigenvalue weighted by Crippen LogP contribution is 2.07. The first kappa shape index (κ1) is 13.8. The molecule has 18 heavy (non-hydrogen) atoms. The highest BCUT2D eigenvalue weighted by atomic mass is 16.6. The average molecular weight is 255 g/mol. The third kappa shape index (κ3) is 3.39. The Kier molecular flexibility index (Phi) is 4.55. The van der Waals surface area contributed by atoms with Crippen LogP contribution in [0.25, 0.3) is 0 Å². The van der Waals surface area contributed by atoms with Gasteiger partial charge in [0, 0.05) is 12.6 Å². The van der Waals surface area contributed by atoms with Crippen molar-refractivity contribution in [3.63, 3.8) is 0 Å². The molecule has 1 atom stereocenters.